The molecule has 0 fully saturated rings. The zero-order valence-electron chi connectivity index (χ0n) is 13.1. The van der Waals surface area contributed by atoms with Gasteiger partial charge in [0.2, 0.25) is 0 Å². The molecule has 1 heterocycles. The van der Waals surface area contributed by atoms with E-state index in [1.54, 1.807) is 16.3 Å². The number of aromatic nitrogens is 3. The number of nitrogens with one attached hydrogen (secondary N) is 1. The number of hydrogen-bond donors (Lipinski definition) is 3. The Bertz CT molecular complexity index is 533. The molecule has 0 aliphatic heterocycles. The quantitative estimate of drug-likeness (QED) is 0.170. The summed E-state index contributed by atoms with van der Waals surface area (Å²) in [6.07, 6.45) is 2.79. The van der Waals surface area contributed by atoms with Gasteiger partial charge in [-0.15, -0.1) is 5.10 Å². The van der Waals surface area contributed by atoms with Crippen LogP contribution in [0.4, 0.5) is 0 Å². The smallest absolute Gasteiger partial charge is 0.344 e. The van der Waals surface area contributed by atoms with Crippen LogP contribution in [-0.4, -0.2) is 31.6 Å². The summed E-state index contributed by atoms with van der Waals surface area (Å²) < 4.78 is 1.66. The molecule has 1 aromatic rings. The lowest BCUT2D eigenvalue weighted by Crippen LogP contribution is -2.31. The maximum Gasteiger partial charge on any atom is 0.344 e. The van der Waals surface area contributed by atoms with Crippen LogP contribution in [0.2, 0.25) is 0 Å². The van der Waals surface area contributed by atoms with E-state index < -0.39 is 0 Å². The van der Waals surface area contributed by atoms with Crippen molar-refractivity contribution in [3.8, 4) is 0 Å². The number of oxime groups is 1. The van der Waals surface area contributed by atoms with Crippen molar-refractivity contribution >= 4 is 17.6 Å². The van der Waals surface area contributed by atoms with Gasteiger partial charge in [0, 0.05) is 17.2 Å². The standard InChI is InChI=1S/C13H25N5O2S/c1-9(2)18-11(19)15-16-12(18)21-8-6-5-7-13(3,4)10(14)17-20/h9,20H,5-8H2,1-4H3,(H2,14,17)(H,15,19). The molecule has 0 aliphatic rings. The summed E-state index contributed by atoms with van der Waals surface area (Å²) >= 11 is 1.57. The SMILES string of the molecule is CC(C)n1c(SCCCCC(C)(C)C(N)=NO)n[nH]c1=O. The third-order valence-electron chi connectivity index (χ3n) is 3.42. The number of amidine groups is 1. The largest absolute Gasteiger partial charge is 0.409 e. The Morgan fingerprint density at radius 1 is 1.52 bits per heavy atom. The molecule has 0 aliphatic carbocycles. The van der Waals surface area contributed by atoms with Crippen molar-refractivity contribution in [2.24, 2.45) is 16.3 Å². The van der Waals surface area contributed by atoms with Gasteiger partial charge in [-0.25, -0.2) is 9.89 Å². The zero-order valence-corrected chi connectivity index (χ0v) is 13.9. The number of aromatic amines is 1. The van der Waals surface area contributed by atoms with Gasteiger partial charge < -0.3 is 10.9 Å². The van der Waals surface area contributed by atoms with Gasteiger partial charge >= 0.3 is 5.69 Å². The van der Waals surface area contributed by atoms with Gasteiger partial charge in [0.05, 0.1) is 0 Å². The van der Waals surface area contributed by atoms with Crippen molar-refractivity contribution in [2.75, 3.05) is 5.75 Å². The second kappa shape index (κ2) is 7.53. The number of hydrogen-bond acceptors (Lipinski definition) is 5. The van der Waals surface area contributed by atoms with E-state index in [4.69, 9.17) is 10.9 Å². The lowest BCUT2D eigenvalue weighted by Gasteiger charge is -2.22. The third kappa shape index (κ3) is 4.80. The molecule has 0 spiro atoms. The van der Waals surface area contributed by atoms with Crippen LogP contribution in [-0.2, 0) is 0 Å². The predicted octanol–water partition coefficient (Wildman–Crippen LogP) is 2.19. The molecule has 0 unspecified atom stereocenters. The molecular formula is C13H25N5O2S. The lowest BCUT2D eigenvalue weighted by atomic mass is 9.86. The molecule has 0 saturated heterocycles. The van der Waals surface area contributed by atoms with Gasteiger partial charge in [-0.05, 0) is 26.7 Å². The molecule has 0 saturated carbocycles. The van der Waals surface area contributed by atoms with Gasteiger partial charge in [-0.3, -0.25) is 4.57 Å². The molecule has 0 bridgehead atoms. The van der Waals surface area contributed by atoms with Crippen LogP contribution in [0.5, 0.6) is 0 Å². The molecule has 1 rings (SSSR count). The summed E-state index contributed by atoms with van der Waals surface area (Å²) in [6.45, 7) is 7.83. The Morgan fingerprint density at radius 2 is 2.19 bits per heavy atom. The molecule has 0 aromatic carbocycles. The number of thioether (sulfide) groups is 1. The van der Waals surface area contributed by atoms with Crippen LogP contribution in [0.25, 0.3) is 0 Å². The number of unbranched alkanes of at least 4 members (excludes halogenated alkanes) is 1. The third-order valence-corrected chi connectivity index (χ3v) is 4.46. The van der Waals surface area contributed by atoms with Gasteiger partial charge in [0.1, 0.15) is 5.84 Å². The maximum atomic E-state index is 11.6. The summed E-state index contributed by atoms with van der Waals surface area (Å²) in [5, 5.41) is 19.1. The van der Waals surface area contributed by atoms with Crippen molar-refractivity contribution in [2.45, 2.75) is 58.2 Å². The van der Waals surface area contributed by atoms with Crippen LogP contribution in [0.15, 0.2) is 15.1 Å². The predicted molar refractivity (Wildman–Crippen MR) is 85.0 cm³/mol. The molecule has 21 heavy (non-hydrogen) atoms. The topological polar surface area (TPSA) is 109 Å². The maximum absolute atomic E-state index is 11.6. The van der Waals surface area contributed by atoms with E-state index in [2.05, 4.69) is 15.4 Å². The van der Waals surface area contributed by atoms with Gasteiger partial charge in [0.25, 0.3) is 0 Å². The van der Waals surface area contributed by atoms with E-state index in [9.17, 15) is 4.79 Å². The minimum Gasteiger partial charge on any atom is -0.409 e. The summed E-state index contributed by atoms with van der Waals surface area (Å²) in [6, 6.07) is 0.0956. The highest BCUT2D eigenvalue weighted by atomic mass is 32.2. The van der Waals surface area contributed by atoms with Crippen molar-refractivity contribution in [1.82, 2.24) is 14.8 Å². The fourth-order valence-electron chi connectivity index (χ4n) is 1.94. The van der Waals surface area contributed by atoms with E-state index in [1.165, 1.54) is 0 Å². The minimum absolute atomic E-state index is 0.0956. The highest BCUT2D eigenvalue weighted by molar-refractivity contribution is 7.99. The number of nitrogens with zero attached hydrogens (tertiary/aromatic N) is 3. The fourth-order valence-corrected chi connectivity index (χ4v) is 3.02. The summed E-state index contributed by atoms with van der Waals surface area (Å²) in [4.78, 5) is 11.6. The second-order valence-corrected chi connectivity index (χ2v) is 7.01. The van der Waals surface area contributed by atoms with Crippen LogP contribution in [0.1, 0.15) is 53.0 Å². The zero-order chi connectivity index (χ0) is 16.0. The van der Waals surface area contributed by atoms with E-state index in [0.717, 1.165) is 30.2 Å². The van der Waals surface area contributed by atoms with E-state index in [1.807, 2.05) is 27.7 Å². The van der Waals surface area contributed by atoms with Crippen molar-refractivity contribution in [3.63, 3.8) is 0 Å². The van der Waals surface area contributed by atoms with E-state index in [0.29, 0.717) is 0 Å². The normalized spacial score (nSPS) is 13.1. The first kappa shape index (κ1) is 17.6. The fraction of sp³-hybridized carbons (Fsp3) is 0.769. The van der Waals surface area contributed by atoms with Crippen LogP contribution >= 0.6 is 11.8 Å². The molecular weight excluding hydrogens is 290 g/mol. The van der Waals surface area contributed by atoms with E-state index in [-0.39, 0.29) is 23.0 Å². The Morgan fingerprint density at radius 3 is 2.76 bits per heavy atom. The average molecular weight is 315 g/mol. The first-order valence-corrected chi connectivity index (χ1v) is 8.06. The second-order valence-electron chi connectivity index (χ2n) is 5.95. The van der Waals surface area contributed by atoms with Crippen molar-refractivity contribution in [1.29, 1.82) is 0 Å². The van der Waals surface area contributed by atoms with Crippen molar-refractivity contribution in [3.05, 3.63) is 10.5 Å². The minimum atomic E-state index is -0.300. The first-order valence-electron chi connectivity index (χ1n) is 7.07. The number of nitrogens with two attached hydrogens (primary N) is 1. The molecule has 1 aromatic heterocycles. The Hall–Kier alpha value is -1.44. The summed E-state index contributed by atoms with van der Waals surface area (Å²) in [5.41, 5.74) is 5.19. The van der Waals surface area contributed by atoms with Crippen LogP contribution < -0.4 is 11.4 Å². The highest BCUT2D eigenvalue weighted by Crippen LogP contribution is 2.25. The molecule has 120 valence electrons. The lowest BCUT2D eigenvalue weighted by molar-refractivity contribution is 0.304. The van der Waals surface area contributed by atoms with Crippen LogP contribution in [0.3, 0.4) is 0 Å². The Kier molecular flexibility index (Phi) is 6.32. The summed E-state index contributed by atoms with van der Waals surface area (Å²) in [7, 11) is 0. The van der Waals surface area contributed by atoms with Crippen LogP contribution in [0, 0.1) is 5.41 Å². The first-order chi connectivity index (χ1) is 9.79. The Labute approximate surface area is 129 Å². The summed E-state index contributed by atoms with van der Waals surface area (Å²) in [5.74, 6) is 1.14. The van der Waals surface area contributed by atoms with Gasteiger partial charge in [0.15, 0.2) is 5.16 Å². The van der Waals surface area contributed by atoms with E-state index >= 15 is 0 Å². The number of rotatable bonds is 8. The molecule has 0 amide bonds. The molecule has 0 atom stereocenters. The number of H-pyrrole nitrogens is 1. The van der Waals surface area contributed by atoms with Gasteiger partial charge in [-0.1, -0.05) is 37.2 Å². The van der Waals surface area contributed by atoms with Gasteiger partial charge in [-0.2, -0.15) is 0 Å². The van der Waals surface area contributed by atoms with Crippen molar-refractivity contribution < 1.29 is 5.21 Å². The molecule has 8 heteroatoms. The molecule has 0 radical (unpaired) electrons. The Balaban J connectivity index is 2.41. The monoisotopic (exact) mass is 315 g/mol. The molecule has 4 N–H and O–H groups in total. The highest BCUT2D eigenvalue weighted by Gasteiger charge is 2.22. The molecule has 7 nitrogen and oxygen atoms in total. The average Bonchev–Trinajstić information content (AvgIpc) is 2.78.